The van der Waals surface area contributed by atoms with Crippen LogP contribution in [0.1, 0.15) is 47.3 Å². The lowest BCUT2D eigenvalue weighted by Gasteiger charge is -2.24. The van der Waals surface area contributed by atoms with Gasteiger partial charge in [-0.3, -0.25) is 9.97 Å². The van der Waals surface area contributed by atoms with Crippen molar-refractivity contribution in [2.24, 2.45) is 5.92 Å². The summed E-state index contributed by atoms with van der Waals surface area (Å²) in [5.41, 5.74) is 5.06. The molecule has 0 aliphatic heterocycles. The minimum absolute atomic E-state index is 0.153. The molecular formula is C28H27N3O. The van der Waals surface area contributed by atoms with E-state index in [0.29, 0.717) is 17.0 Å². The van der Waals surface area contributed by atoms with Crippen molar-refractivity contribution in [3.8, 4) is 11.3 Å². The van der Waals surface area contributed by atoms with Crippen molar-refractivity contribution in [2.75, 3.05) is 0 Å². The zero-order valence-corrected chi connectivity index (χ0v) is 18.8. The van der Waals surface area contributed by atoms with Crippen LogP contribution < -0.4 is 0 Å². The van der Waals surface area contributed by atoms with E-state index in [1.54, 1.807) is 18.5 Å². The first-order valence-electron chi connectivity index (χ1n) is 11.9. The monoisotopic (exact) mass is 423 g/mol. The van der Waals surface area contributed by atoms with E-state index in [9.17, 15) is 0 Å². The van der Waals surface area contributed by atoms with Crippen LogP contribution in [0, 0.1) is 5.92 Å². The fourth-order valence-electron chi connectivity index (χ4n) is 4.18. The first kappa shape index (κ1) is 18.1. The molecule has 0 unspecified atom stereocenters. The molecule has 0 saturated carbocycles. The second-order valence-electron chi connectivity index (χ2n) is 8.93. The van der Waals surface area contributed by atoms with E-state index in [0.717, 1.165) is 33.2 Å². The van der Waals surface area contributed by atoms with Gasteiger partial charge in [0.1, 0.15) is 0 Å². The second kappa shape index (κ2) is 7.86. The van der Waals surface area contributed by atoms with Gasteiger partial charge in [-0.15, -0.1) is 0 Å². The Kier molecular flexibility index (Phi) is 4.44. The summed E-state index contributed by atoms with van der Waals surface area (Å²) in [7, 11) is 0. The smallest absolute Gasteiger partial charge is 0.227 e. The van der Waals surface area contributed by atoms with Crippen LogP contribution in [0.15, 0.2) is 77.6 Å². The topological polar surface area (TPSA) is 51.8 Å². The maximum atomic E-state index is 8.45. The van der Waals surface area contributed by atoms with Crippen LogP contribution in [0.5, 0.6) is 0 Å². The molecule has 0 amide bonds. The van der Waals surface area contributed by atoms with Crippen molar-refractivity contribution in [1.29, 1.82) is 0 Å². The van der Waals surface area contributed by atoms with Crippen LogP contribution in [0.4, 0.5) is 0 Å². The van der Waals surface area contributed by atoms with Gasteiger partial charge in [0.25, 0.3) is 0 Å². The van der Waals surface area contributed by atoms with E-state index in [2.05, 4.69) is 35.9 Å². The molecule has 32 heavy (non-hydrogen) atoms. The fraction of sp³-hybridized carbons (Fsp3) is 0.250. The number of benzene rings is 1. The number of nitrogens with zero attached hydrogens (tertiary/aromatic N) is 3. The number of hydrogen-bond acceptors (Lipinski definition) is 4. The predicted molar refractivity (Wildman–Crippen MR) is 130 cm³/mol. The molecule has 4 nitrogen and oxygen atoms in total. The second-order valence-corrected chi connectivity index (χ2v) is 8.93. The van der Waals surface area contributed by atoms with Crippen molar-refractivity contribution in [1.82, 2.24) is 15.0 Å². The molecule has 0 atom stereocenters. The number of hydrogen-bond donors (Lipinski definition) is 0. The SMILES string of the molecule is [2H]C([2H])(c1ccnc(-c2cnc3oc4c(C(C)(C)c5ccccc5)nccc4c3c2)c1)C(C)C. The minimum atomic E-state index is -1.44. The largest absolute Gasteiger partial charge is 0.436 e. The van der Waals surface area contributed by atoms with Crippen LogP contribution >= 0.6 is 0 Å². The highest BCUT2D eigenvalue weighted by molar-refractivity contribution is 6.05. The Balaban J connectivity index is 1.65. The molecule has 0 N–H and O–H groups in total. The average Bonchev–Trinajstić information content (AvgIpc) is 3.22. The maximum Gasteiger partial charge on any atom is 0.227 e. The molecule has 0 aliphatic rings. The molecule has 0 aliphatic carbocycles. The number of rotatable bonds is 5. The summed E-state index contributed by atoms with van der Waals surface area (Å²) in [6, 6.07) is 17.8. The van der Waals surface area contributed by atoms with Crippen molar-refractivity contribution < 1.29 is 7.16 Å². The van der Waals surface area contributed by atoms with Gasteiger partial charge in [0.05, 0.1) is 11.4 Å². The maximum absolute atomic E-state index is 8.45. The summed E-state index contributed by atoms with van der Waals surface area (Å²) in [6.07, 6.45) is 3.77. The molecule has 0 spiro atoms. The summed E-state index contributed by atoms with van der Waals surface area (Å²) in [5, 5.41) is 1.84. The zero-order chi connectivity index (χ0) is 24.1. The van der Waals surface area contributed by atoms with Crippen molar-refractivity contribution in [2.45, 2.75) is 39.5 Å². The Bertz CT molecular complexity index is 1490. The van der Waals surface area contributed by atoms with Crippen LogP contribution in [-0.2, 0) is 11.8 Å². The lowest BCUT2D eigenvalue weighted by Crippen LogP contribution is -2.20. The van der Waals surface area contributed by atoms with Gasteiger partial charge in [-0.05, 0) is 47.7 Å². The summed E-state index contributed by atoms with van der Waals surface area (Å²) in [6.45, 7) is 8.06. The Morgan fingerprint density at radius 1 is 0.938 bits per heavy atom. The third kappa shape index (κ3) is 3.56. The fourth-order valence-corrected chi connectivity index (χ4v) is 4.18. The number of pyridine rings is 3. The number of fused-ring (bicyclic) bond motifs is 3. The van der Waals surface area contributed by atoms with Crippen LogP contribution in [0.3, 0.4) is 0 Å². The molecule has 1 aromatic carbocycles. The Morgan fingerprint density at radius 2 is 1.72 bits per heavy atom. The summed E-state index contributed by atoms with van der Waals surface area (Å²) in [4.78, 5) is 13.8. The quantitative estimate of drug-likeness (QED) is 0.306. The third-order valence-corrected chi connectivity index (χ3v) is 5.84. The molecule has 5 aromatic rings. The van der Waals surface area contributed by atoms with E-state index < -0.39 is 6.37 Å². The molecule has 4 heteroatoms. The van der Waals surface area contributed by atoms with E-state index in [4.69, 9.17) is 12.1 Å². The number of aromatic nitrogens is 3. The van der Waals surface area contributed by atoms with E-state index in [1.165, 1.54) is 0 Å². The van der Waals surface area contributed by atoms with Crippen LogP contribution in [0.2, 0.25) is 0 Å². The van der Waals surface area contributed by atoms with Crippen molar-refractivity contribution in [3.63, 3.8) is 0 Å². The lowest BCUT2D eigenvalue weighted by molar-refractivity contribution is 0.585. The first-order chi connectivity index (χ1) is 16.2. The molecule has 0 fully saturated rings. The van der Waals surface area contributed by atoms with Crippen LogP contribution in [0.25, 0.3) is 33.3 Å². The van der Waals surface area contributed by atoms with Gasteiger partial charge >= 0.3 is 0 Å². The average molecular weight is 424 g/mol. The minimum Gasteiger partial charge on any atom is -0.436 e. The van der Waals surface area contributed by atoms with E-state index in [-0.39, 0.29) is 11.3 Å². The highest BCUT2D eigenvalue weighted by Crippen LogP contribution is 2.38. The highest BCUT2D eigenvalue weighted by Gasteiger charge is 2.29. The molecule has 5 rings (SSSR count). The molecule has 0 bridgehead atoms. The predicted octanol–water partition coefficient (Wildman–Crippen LogP) is 6.96. The molecule has 4 aromatic heterocycles. The van der Waals surface area contributed by atoms with Crippen molar-refractivity contribution in [3.05, 3.63) is 90.0 Å². The standard InChI is InChI=1S/C28H27N3O/c1-18(2)14-19-10-12-29-24(15-19)20-16-23-22-11-13-30-26(25(22)32-27(23)31-17-20)28(3,4)21-8-6-5-7-9-21/h5-13,15-18H,14H2,1-4H3/i14D2. The van der Waals surface area contributed by atoms with Crippen LogP contribution in [-0.4, -0.2) is 15.0 Å². The Hall–Kier alpha value is -3.53. The van der Waals surface area contributed by atoms with Gasteiger partial charge < -0.3 is 4.42 Å². The van der Waals surface area contributed by atoms with Gasteiger partial charge in [0, 0.05) is 43.1 Å². The van der Waals surface area contributed by atoms with Gasteiger partial charge in [0.2, 0.25) is 5.71 Å². The molecule has 160 valence electrons. The molecule has 0 radical (unpaired) electrons. The Labute approximate surface area is 191 Å². The number of furan rings is 1. The van der Waals surface area contributed by atoms with E-state index in [1.807, 2.05) is 56.4 Å². The summed E-state index contributed by atoms with van der Waals surface area (Å²) >= 11 is 0. The summed E-state index contributed by atoms with van der Waals surface area (Å²) in [5.74, 6) is -0.153. The van der Waals surface area contributed by atoms with Gasteiger partial charge in [-0.25, -0.2) is 4.98 Å². The third-order valence-electron chi connectivity index (χ3n) is 5.84. The summed E-state index contributed by atoms with van der Waals surface area (Å²) < 4.78 is 23.1. The van der Waals surface area contributed by atoms with E-state index >= 15 is 0 Å². The van der Waals surface area contributed by atoms with Gasteiger partial charge in [0.15, 0.2) is 5.58 Å². The van der Waals surface area contributed by atoms with Crippen molar-refractivity contribution >= 4 is 22.1 Å². The highest BCUT2D eigenvalue weighted by atomic mass is 16.3. The molecular weight excluding hydrogens is 394 g/mol. The van der Waals surface area contributed by atoms with Gasteiger partial charge in [-0.1, -0.05) is 58.0 Å². The molecule has 0 saturated heterocycles. The normalized spacial score (nSPS) is 13.5. The zero-order valence-electron chi connectivity index (χ0n) is 20.8. The lowest BCUT2D eigenvalue weighted by atomic mass is 9.80. The van der Waals surface area contributed by atoms with Gasteiger partial charge in [-0.2, -0.15) is 0 Å². The first-order valence-corrected chi connectivity index (χ1v) is 10.9. The Morgan fingerprint density at radius 3 is 2.50 bits per heavy atom. The molecule has 4 heterocycles.